The first kappa shape index (κ1) is 17.0. The predicted molar refractivity (Wildman–Crippen MR) is 88.6 cm³/mol. The lowest BCUT2D eigenvalue weighted by Gasteiger charge is -2.38. The van der Waals surface area contributed by atoms with Crippen molar-refractivity contribution in [2.75, 3.05) is 19.6 Å². The molecule has 0 aliphatic carbocycles. The number of nitrogens with one attached hydrogen (secondary N) is 1. The van der Waals surface area contributed by atoms with Crippen molar-refractivity contribution in [3.05, 3.63) is 17.5 Å². The van der Waals surface area contributed by atoms with E-state index in [9.17, 15) is 14.7 Å². The average Bonchev–Trinajstić information content (AvgIpc) is 2.89. The Hall–Kier alpha value is -1.89. The van der Waals surface area contributed by atoms with Crippen LogP contribution in [-0.4, -0.2) is 57.3 Å². The predicted octanol–water partition coefficient (Wildman–Crippen LogP) is 0.886. The molecule has 0 aromatic carbocycles. The number of rotatable bonds is 1. The smallest absolute Gasteiger partial charge is 0.274 e. The van der Waals surface area contributed by atoms with Crippen LogP contribution < -0.4 is 5.32 Å². The Morgan fingerprint density at radius 2 is 2.00 bits per heavy atom. The first-order valence-corrected chi connectivity index (χ1v) is 8.59. The molecule has 7 nitrogen and oxygen atoms in total. The largest absolute Gasteiger partial charge is 0.389 e. The van der Waals surface area contributed by atoms with Crippen molar-refractivity contribution in [2.24, 2.45) is 11.3 Å². The molecular formula is C17H26N4O3. The zero-order chi connectivity index (χ0) is 17.5. The molecule has 1 saturated heterocycles. The third kappa shape index (κ3) is 3.31. The van der Waals surface area contributed by atoms with Crippen molar-refractivity contribution in [3.63, 3.8) is 0 Å². The Balaban J connectivity index is 1.72. The molecule has 2 aliphatic heterocycles. The van der Waals surface area contributed by atoms with E-state index in [1.807, 2.05) is 4.90 Å². The summed E-state index contributed by atoms with van der Waals surface area (Å²) in [7, 11) is 0. The highest BCUT2D eigenvalue weighted by atomic mass is 16.3. The Morgan fingerprint density at radius 1 is 1.33 bits per heavy atom. The minimum absolute atomic E-state index is 0.134. The van der Waals surface area contributed by atoms with Gasteiger partial charge in [0.2, 0.25) is 0 Å². The van der Waals surface area contributed by atoms with Gasteiger partial charge in [-0.15, -0.1) is 0 Å². The summed E-state index contributed by atoms with van der Waals surface area (Å²) in [5.74, 6) is 0.177. The van der Waals surface area contributed by atoms with Gasteiger partial charge in [-0.1, -0.05) is 20.8 Å². The molecule has 24 heavy (non-hydrogen) atoms. The molecule has 0 saturated carbocycles. The van der Waals surface area contributed by atoms with Crippen molar-refractivity contribution in [1.29, 1.82) is 0 Å². The van der Waals surface area contributed by atoms with E-state index in [0.717, 1.165) is 25.9 Å². The second-order valence-electron chi connectivity index (χ2n) is 7.89. The fourth-order valence-electron chi connectivity index (χ4n) is 3.52. The van der Waals surface area contributed by atoms with Crippen LogP contribution in [0, 0.1) is 11.3 Å². The topological polar surface area (TPSA) is 87.5 Å². The van der Waals surface area contributed by atoms with Gasteiger partial charge >= 0.3 is 0 Å². The standard InChI is InChI=1S/C17H26N4O3/c1-17(2,3)11-4-6-20(7-5-11)16(24)13-8-14-15(23)18-9-12(22)10-21(14)19-13/h8,11-12,22H,4-7,9-10H2,1-3H3,(H,18,23). The van der Waals surface area contributed by atoms with Crippen LogP contribution >= 0.6 is 0 Å². The van der Waals surface area contributed by atoms with Gasteiger partial charge in [0.05, 0.1) is 12.6 Å². The van der Waals surface area contributed by atoms with Gasteiger partial charge in [-0.3, -0.25) is 14.3 Å². The van der Waals surface area contributed by atoms with Gasteiger partial charge in [0, 0.05) is 25.7 Å². The third-order valence-electron chi connectivity index (χ3n) is 5.12. The highest BCUT2D eigenvalue weighted by molar-refractivity contribution is 5.98. The van der Waals surface area contributed by atoms with E-state index in [1.165, 1.54) is 10.7 Å². The van der Waals surface area contributed by atoms with Crippen LogP contribution in [0.25, 0.3) is 0 Å². The Morgan fingerprint density at radius 3 is 2.62 bits per heavy atom. The fraction of sp³-hybridized carbons (Fsp3) is 0.706. The number of aliphatic hydroxyl groups is 1. The lowest BCUT2D eigenvalue weighted by molar-refractivity contribution is 0.0601. The molecule has 0 spiro atoms. The monoisotopic (exact) mass is 334 g/mol. The number of hydrogen-bond donors (Lipinski definition) is 2. The lowest BCUT2D eigenvalue weighted by atomic mass is 9.75. The summed E-state index contributed by atoms with van der Waals surface area (Å²) >= 11 is 0. The number of piperidine rings is 1. The quantitative estimate of drug-likeness (QED) is 0.798. The van der Waals surface area contributed by atoms with Crippen molar-refractivity contribution in [1.82, 2.24) is 20.0 Å². The average molecular weight is 334 g/mol. The summed E-state index contributed by atoms with van der Waals surface area (Å²) in [6, 6.07) is 1.53. The van der Waals surface area contributed by atoms with Gasteiger partial charge in [-0.2, -0.15) is 5.10 Å². The summed E-state index contributed by atoms with van der Waals surface area (Å²) in [6.45, 7) is 8.58. The second-order valence-corrected chi connectivity index (χ2v) is 7.89. The number of β-amino-alcohol motifs (C(OH)–C–C–N with tert-alkyl or cyclic N) is 1. The highest BCUT2D eigenvalue weighted by Gasteiger charge is 2.32. The lowest BCUT2D eigenvalue weighted by Crippen LogP contribution is -2.41. The molecule has 2 amide bonds. The number of carbonyl (C=O) groups excluding carboxylic acids is 2. The number of fused-ring (bicyclic) bond motifs is 1. The number of carbonyl (C=O) groups is 2. The van der Waals surface area contributed by atoms with Crippen molar-refractivity contribution in [2.45, 2.75) is 46.3 Å². The second kappa shape index (κ2) is 6.20. The van der Waals surface area contributed by atoms with Gasteiger partial charge in [0.25, 0.3) is 11.8 Å². The Bertz CT molecular complexity index is 639. The first-order valence-electron chi connectivity index (χ1n) is 8.59. The molecule has 0 bridgehead atoms. The van der Waals surface area contributed by atoms with Crippen LogP contribution in [0.4, 0.5) is 0 Å². The maximum atomic E-state index is 12.7. The molecule has 1 aromatic heterocycles. The summed E-state index contributed by atoms with van der Waals surface area (Å²) in [6.07, 6.45) is 1.28. The number of nitrogens with zero attached hydrogens (tertiary/aromatic N) is 3. The van der Waals surface area contributed by atoms with E-state index in [-0.39, 0.29) is 36.0 Å². The van der Waals surface area contributed by atoms with Crippen molar-refractivity contribution >= 4 is 11.8 Å². The molecule has 1 aromatic rings. The van der Waals surface area contributed by atoms with Gasteiger partial charge in [-0.05, 0) is 24.2 Å². The first-order chi connectivity index (χ1) is 11.3. The minimum Gasteiger partial charge on any atom is -0.389 e. The van der Waals surface area contributed by atoms with Gasteiger partial charge in [0.15, 0.2) is 5.69 Å². The van der Waals surface area contributed by atoms with Crippen LogP contribution in [0.5, 0.6) is 0 Å². The summed E-state index contributed by atoms with van der Waals surface area (Å²) < 4.78 is 1.43. The fourth-order valence-corrected chi connectivity index (χ4v) is 3.52. The molecule has 2 N–H and O–H groups in total. The minimum atomic E-state index is -0.694. The number of aromatic nitrogens is 2. The van der Waals surface area contributed by atoms with Gasteiger partial charge in [0.1, 0.15) is 5.69 Å². The molecule has 0 radical (unpaired) electrons. The molecule has 3 rings (SSSR count). The van der Waals surface area contributed by atoms with E-state index in [2.05, 4.69) is 31.2 Å². The van der Waals surface area contributed by atoms with Gasteiger partial charge < -0.3 is 15.3 Å². The summed E-state index contributed by atoms with van der Waals surface area (Å²) in [5, 5.41) is 16.7. The number of aliphatic hydroxyl groups excluding tert-OH is 1. The van der Waals surface area contributed by atoms with E-state index in [4.69, 9.17) is 0 Å². The molecule has 3 heterocycles. The normalized spacial score (nSPS) is 22.8. The van der Waals surface area contributed by atoms with Crippen molar-refractivity contribution < 1.29 is 14.7 Å². The molecule has 7 heteroatoms. The van der Waals surface area contributed by atoms with E-state index in [0.29, 0.717) is 11.6 Å². The summed E-state index contributed by atoms with van der Waals surface area (Å²) in [4.78, 5) is 26.5. The number of amides is 2. The molecule has 1 atom stereocenters. The van der Waals surface area contributed by atoms with E-state index < -0.39 is 6.10 Å². The molecule has 1 fully saturated rings. The number of hydrogen-bond acceptors (Lipinski definition) is 4. The molecular weight excluding hydrogens is 308 g/mol. The molecule has 2 aliphatic rings. The SMILES string of the molecule is CC(C)(C)C1CCN(C(=O)c2cc3n(n2)CC(O)CNC3=O)CC1. The zero-order valence-electron chi connectivity index (χ0n) is 14.6. The Labute approximate surface area is 142 Å². The van der Waals surface area contributed by atoms with Crippen LogP contribution in [0.1, 0.15) is 54.6 Å². The maximum absolute atomic E-state index is 12.7. The zero-order valence-corrected chi connectivity index (χ0v) is 14.6. The number of likely N-dealkylation sites (tertiary alicyclic amines) is 1. The molecule has 132 valence electrons. The highest BCUT2D eigenvalue weighted by Crippen LogP contribution is 2.34. The summed E-state index contributed by atoms with van der Waals surface area (Å²) in [5.41, 5.74) is 0.873. The molecule has 1 unspecified atom stereocenters. The van der Waals surface area contributed by atoms with E-state index in [1.54, 1.807) is 0 Å². The van der Waals surface area contributed by atoms with Crippen LogP contribution in [0.3, 0.4) is 0 Å². The van der Waals surface area contributed by atoms with Crippen LogP contribution in [0.15, 0.2) is 6.07 Å². The Kier molecular flexibility index (Phi) is 4.38. The van der Waals surface area contributed by atoms with Crippen molar-refractivity contribution in [3.8, 4) is 0 Å². The van der Waals surface area contributed by atoms with Gasteiger partial charge in [-0.25, -0.2) is 0 Å². The van der Waals surface area contributed by atoms with Crippen LogP contribution in [0.2, 0.25) is 0 Å². The maximum Gasteiger partial charge on any atom is 0.274 e. The van der Waals surface area contributed by atoms with E-state index >= 15 is 0 Å². The van der Waals surface area contributed by atoms with Crippen LogP contribution in [-0.2, 0) is 6.54 Å². The third-order valence-corrected chi connectivity index (χ3v) is 5.12.